The average molecular weight is 359 g/mol. The highest BCUT2D eigenvalue weighted by Gasteiger charge is 2.43. The van der Waals surface area contributed by atoms with Gasteiger partial charge in [-0.3, -0.25) is 10.00 Å². The van der Waals surface area contributed by atoms with E-state index in [9.17, 15) is 0 Å². The van der Waals surface area contributed by atoms with E-state index in [0.717, 1.165) is 37.6 Å². The number of aryl methyl sites for hydroxylation is 2. The van der Waals surface area contributed by atoms with Crippen LogP contribution in [0.2, 0.25) is 0 Å². The minimum atomic E-state index is 0.206. The number of H-pyrrole nitrogens is 1. The van der Waals surface area contributed by atoms with Crippen LogP contribution >= 0.6 is 0 Å². The molecule has 27 heavy (non-hydrogen) atoms. The number of likely N-dealkylation sites (tertiary alicyclic amines) is 1. The van der Waals surface area contributed by atoms with Crippen LogP contribution in [0.4, 0.5) is 0 Å². The van der Waals surface area contributed by atoms with Gasteiger partial charge in [-0.15, -0.1) is 0 Å². The molecule has 5 rings (SSSR count). The van der Waals surface area contributed by atoms with Gasteiger partial charge in [0.25, 0.3) is 0 Å². The molecule has 2 aromatic heterocycles. The molecule has 0 amide bonds. The fourth-order valence-electron chi connectivity index (χ4n) is 4.92. The van der Waals surface area contributed by atoms with Gasteiger partial charge < -0.3 is 0 Å². The first-order valence-electron chi connectivity index (χ1n) is 9.87. The fraction of sp³-hybridized carbons (Fsp3) is 0.409. The van der Waals surface area contributed by atoms with Crippen LogP contribution in [-0.4, -0.2) is 38.2 Å². The first-order valence-corrected chi connectivity index (χ1v) is 9.87. The second-order valence-corrected chi connectivity index (χ2v) is 8.02. The third-order valence-corrected chi connectivity index (χ3v) is 6.19. The second-order valence-electron chi connectivity index (χ2n) is 8.02. The Bertz CT molecular complexity index is 944. The average Bonchev–Trinajstić information content (AvgIpc) is 3.28. The van der Waals surface area contributed by atoms with Crippen molar-refractivity contribution in [2.45, 2.75) is 44.6 Å². The lowest BCUT2D eigenvalue weighted by Gasteiger charge is -2.40. The van der Waals surface area contributed by atoms with Crippen molar-refractivity contribution >= 4 is 0 Å². The maximum Gasteiger partial charge on any atom is 0.125 e. The van der Waals surface area contributed by atoms with Crippen molar-refractivity contribution in [1.29, 1.82) is 0 Å². The van der Waals surface area contributed by atoms with Gasteiger partial charge >= 0.3 is 0 Å². The lowest BCUT2D eigenvalue weighted by Crippen LogP contribution is -2.45. The van der Waals surface area contributed by atoms with E-state index in [0.29, 0.717) is 0 Å². The quantitative estimate of drug-likeness (QED) is 0.775. The monoisotopic (exact) mass is 359 g/mol. The van der Waals surface area contributed by atoms with Crippen LogP contribution in [0, 0.1) is 6.92 Å². The highest BCUT2D eigenvalue weighted by atomic mass is 15.2. The molecule has 1 aromatic carbocycles. The number of fused-ring (bicyclic) bond motifs is 2. The van der Waals surface area contributed by atoms with Crippen LogP contribution in [0.25, 0.3) is 11.3 Å². The summed E-state index contributed by atoms with van der Waals surface area (Å²) in [5, 5.41) is 7.53. The molecule has 5 heteroatoms. The smallest absolute Gasteiger partial charge is 0.125 e. The molecule has 3 aromatic rings. The summed E-state index contributed by atoms with van der Waals surface area (Å²) in [5.41, 5.74) is 6.49. The van der Waals surface area contributed by atoms with Crippen molar-refractivity contribution in [3.63, 3.8) is 0 Å². The predicted octanol–water partition coefficient (Wildman–Crippen LogP) is 3.66. The number of piperidine rings is 1. The van der Waals surface area contributed by atoms with Crippen molar-refractivity contribution < 1.29 is 0 Å². The van der Waals surface area contributed by atoms with E-state index >= 15 is 0 Å². The maximum atomic E-state index is 4.87. The van der Waals surface area contributed by atoms with E-state index in [1.165, 1.54) is 41.6 Å². The van der Waals surface area contributed by atoms with Gasteiger partial charge in [-0.05, 0) is 50.3 Å². The summed E-state index contributed by atoms with van der Waals surface area (Å²) >= 11 is 0. The van der Waals surface area contributed by atoms with Gasteiger partial charge in [0, 0.05) is 30.3 Å². The molecule has 5 nitrogen and oxygen atoms in total. The van der Waals surface area contributed by atoms with Crippen molar-refractivity contribution in [1.82, 2.24) is 25.1 Å². The molecule has 1 unspecified atom stereocenters. The summed E-state index contributed by atoms with van der Waals surface area (Å²) in [5.74, 6) is 0.897. The molecule has 3 heterocycles. The van der Waals surface area contributed by atoms with Crippen molar-refractivity contribution in [2.24, 2.45) is 0 Å². The van der Waals surface area contributed by atoms with E-state index in [2.05, 4.69) is 56.6 Å². The Morgan fingerprint density at radius 2 is 2.04 bits per heavy atom. The van der Waals surface area contributed by atoms with Gasteiger partial charge in [-0.2, -0.15) is 5.10 Å². The molecule has 0 bridgehead atoms. The molecule has 1 spiro atoms. The predicted molar refractivity (Wildman–Crippen MR) is 105 cm³/mol. The summed E-state index contributed by atoms with van der Waals surface area (Å²) in [6.07, 6.45) is 8.82. The van der Waals surface area contributed by atoms with Crippen molar-refractivity contribution in [3.8, 4) is 11.3 Å². The molecule has 0 radical (unpaired) electrons. The molecule has 1 aliphatic carbocycles. The Balaban J connectivity index is 1.40. The molecule has 1 atom stereocenters. The SMILES string of the molecule is Cc1ncc2c(n1)C1(CCCN(Cc3cn[nH]c3-c3ccccc3)C1)CC2. The number of benzene rings is 1. The summed E-state index contributed by atoms with van der Waals surface area (Å²) in [7, 11) is 0. The van der Waals surface area contributed by atoms with Crippen LogP contribution in [0.3, 0.4) is 0 Å². The summed E-state index contributed by atoms with van der Waals surface area (Å²) < 4.78 is 0. The molecule has 1 N–H and O–H groups in total. The zero-order valence-electron chi connectivity index (χ0n) is 15.8. The number of aromatic nitrogens is 4. The van der Waals surface area contributed by atoms with E-state index in [4.69, 9.17) is 4.98 Å². The van der Waals surface area contributed by atoms with E-state index in [1.54, 1.807) is 0 Å². The highest BCUT2D eigenvalue weighted by Crippen LogP contribution is 2.44. The topological polar surface area (TPSA) is 57.7 Å². The number of aromatic amines is 1. The third kappa shape index (κ3) is 2.96. The van der Waals surface area contributed by atoms with Crippen LogP contribution in [0.1, 0.15) is 41.9 Å². The Kier molecular flexibility index (Phi) is 4.05. The number of rotatable bonds is 3. The van der Waals surface area contributed by atoms with E-state index < -0.39 is 0 Å². The normalized spacial score (nSPS) is 22.3. The van der Waals surface area contributed by atoms with Crippen molar-refractivity contribution in [3.05, 3.63) is 65.4 Å². The Morgan fingerprint density at radius 1 is 1.15 bits per heavy atom. The van der Waals surface area contributed by atoms with Gasteiger partial charge in [-0.1, -0.05) is 30.3 Å². The standard InChI is InChI=1S/C22H25N5/c1-16-23-12-18-8-10-22(21(18)25-16)9-5-11-27(15-22)14-19-13-24-26-20(19)17-6-3-2-4-7-17/h2-4,6-7,12-13H,5,8-11,14-15H2,1H3,(H,24,26). The Labute approximate surface area is 159 Å². The first-order chi connectivity index (χ1) is 13.2. The highest BCUT2D eigenvalue weighted by molar-refractivity contribution is 5.62. The summed E-state index contributed by atoms with van der Waals surface area (Å²) in [4.78, 5) is 11.9. The third-order valence-electron chi connectivity index (χ3n) is 6.19. The van der Waals surface area contributed by atoms with Gasteiger partial charge in [0.05, 0.1) is 17.6 Å². The lowest BCUT2D eigenvalue weighted by molar-refractivity contribution is 0.137. The first kappa shape index (κ1) is 16.6. The molecule has 1 saturated heterocycles. The second kappa shape index (κ2) is 6.57. The van der Waals surface area contributed by atoms with E-state index in [1.807, 2.05) is 13.1 Å². The maximum absolute atomic E-state index is 4.87. The molecule has 2 aliphatic rings. The Hall–Kier alpha value is -2.53. The number of hydrogen-bond acceptors (Lipinski definition) is 4. The minimum Gasteiger partial charge on any atom is -0.298 e. The zero-order valence-corrected chi connectivity index (χ0v) is 15.8. The van der Waals surface area contributed by atoms with Crippen LogP contribution < -0.4 is 0 Å². The van der Waals surface area contributed by atoms with Crippen molar-refractivity contribution in [2.75, 3.05) is 13.1 Å². The number of nitrogens with one attached hydrogen (secondary N) is 1. The molecular formula is C22H25N5. The number of hydrogen-bond donors (Lipinski definition) is 1. The van der Waals surface area contributed by atoms with Gasteiger partial charge in [0.1, 0.15) is 5.82 Å². The zero-order chi connectivity index (χ0) is 18.3. The van der Waals surface area contributed by atoms with Crippen LogP contribution in [-0.2, 0) is 18.4 Å². The lowest BCUT2D eigenvalue weighted by atomic mass is 9.77. The Morgan fingerprint density at radius 3 is 2.93 bits per heavy atom. The van der Waals surface area contributed by atoms with Gasteiger partial charge in [-0.25, -0.2) is 9.97 Å². The van der Waals surface area contributed by atoms with Gasteiger partial charge in [0.15, 0.2) is 0 Å². The van der Waals surface area contributed by atoms with Crippen LogP contribution in [0.15, 0.2) is 42.7 Å². The number of nitrogens with zero attached hydrogens (tertiary/aromatic N) is 4. The molecule has 1 aliphatic heterocycles. The summed E-state index contributed by atoms with van der Waals surface area (Å²) in [6.45, 7) is 5.16. The molecule has 0 saturated carbocycles. The largest absolute Gasteiger partial charge is 0.298 e. The fourth-order valence-corrected chi connectivity index (χ4v) is 4.92. The molecule has 138 valence electrons. The van der Waals surface area contributed by atoms with Crippen LogP contribution in [0.5, 0.6) is 0 Å². The summed E-state index contributed by atoms with van der Waals surface area (Å²) in [6, 6.07) is 10.5. The minimum absolute atomic E-state index is 0.206. The molecular weight excluding hydrogens is 334 g/mol. The molecule has 1 fully saturated rings. The van der Waals surface area contributed by atoms with Gasteiger partial charge in [0.2, 0.25) is 0 Å². The van der Waals surface area contributed by atoms with E-state index in [-0.39, 0.29) is 5.41 Å².